The molecule has 0 saturated carbocycles. The molecule has 0 aliphatic carbocycles. The van der Waals surface area contributed by atoms with Crippen LogP contribution in [0.2, 0.25) is 0 Å². The van der Waals surface area contributed by atoms with Gasteiger partial charge in [-0.15, -0.1) is 0 Å². The number of nitrogens with two attached hydrogens (primary N) is 1. The Hall–Kier alpha value is -1.26. The van der Waals surface area contributed by atoms with Crippen LogP contribution in [0, 0.1) is 5.82 Å². The van der Waals surface area contributed by atoms with Gasteiger partial charge in [0.2, 0.25) is 0 Å². The summed E-state index contributed by atoms with van der Waals surface area (Å²) in [6, 6.07) is 9.95. The maximum atomic E-state index is 13.0. The lowest BCUT2D eigenvalue weighted by atomic mass is 10.0. The van der Waals surface area contributed by atoms with E-state index in [-0.39, 0.29) is 11.9 Å². The molecular weight excluding hydrogens is 283 g/mol. The Balaban J connectivity index is 2.17. The van der Waals surface area contributed by atoms with Crippen molar-refractivity contribution in [2.75, 3.05) is 0 Å². The van der Waals surface area contributed by atoms with Crippen molar-refractivity contribution in [1.82, 2.24) is 4.98 Å². The first-order valence-electron chi connectivity index (χ1n) is 5.27. The van der Waals surface area contributed by atoms with Crippen LogP contribution in [0.5, 0.6) is 0 Å². The molecule has 0 bridgehead atoms. The number of benzene rings is 1. The van der Waals surface area contributed by atoms with Gasteiger partial charge in [-0.1, -0.05) is 12.1 Å². The third-order valence-electron chi connectivity index (χ3n) is 2.48. The van der Waals surface area contributed by atoms with Crippen molar-refractivity contribution in [3.8, 4) is 0 Å². The fourth-order valence-corrected chi connectivity index (χ4v) is 2.23. The minimum Gasteiger partial charge on any atom is -0.322 e. The van der Waals surface area contributed by atoms with E-state index in [4.69, 9.17) is 5.73 Å². The number of pyridine rings is 1. The van der Waals surface area contributed by atoms with Crippen LogP contribution in [0.4, 0.5) is 4.39 Å². The number of nitrogens with zero attached hydrogens (tertiary/aromatic N) is 1. The second kappa shape index (κ2) is 5.38. The second-order valence-corrected chi connectivity index (χ2v) is 4.67. The molecule has 88 valence electrons. The van der Waals surface area contributed by atoms with Crippen LogP contribution >= 0.6 is 15.9 Å². The summed E-state index contributed by atoms with van der Waals surface area (Å²) in [5.41, 5.74) is 7.72. The van der Waals surface area contributed by atoms with E-state index in [1.165, 1.54) is 12.1 Å². The number of aromatic nitrogens is 1. The van der Waals surface area contributed by atoms with Crippen molar-refractivity contribution >= 4 is 15.9 Å². The predicted octanol–water partition coefficient (Wildman–Crippen LogP) is 3.23. The van der Waals surface area contributed by atoms with Gasteiger partial charge in [0, 0.05) is 10.7 Å². The Kier molecular flexibility index (Phi) is 3.86. The Morgan fingerprint density at radius 1 is 1.29 bits per heavy atom. The summed E-state index contributed by atoms with van der Waals surface area (Å²) in [6.07, 6.45) is 2.26. The highest BCUT2D eigenvalue weighted by atomic mass is 79.9. The van der Waals surface area contributed by atoms with Crippen LogP contribution < -0.4 is 5.73 Å². The second-order valence-electron chi connectivity index (χ2n) is 3.81. The van der Waals surface area contributed by atoms with E-state index in [1.54, 1.807) is 12.3 Å². The van der Waals surface area contributed by atoms with Gasteiger partial charge in [0.1, 0.15) is 5.82 Å². The Labute approximate surface area is 108 Å². The molecule has 0 aliphatic heterocycles. The Morgan fingerprint density at radius 3 is 2.82 bits per heavy atom. The molecule has 1 unspecified atom stereocenters. The summed E-state index contributed by atoms with van der Waals surface area (Å²) < 4.78 is 13.9. The molecule has 0 aliphatic rings. The molecule has 0 radical (unpaired) electrons. The monoisotopic (exact) mass is 294 g/mol. The van der Waals surface area contributed by atoms with Crippen LogP contribution in [0.15, 0.2) is 47.1 Å². The van der Waals surface area contributed by atoms with Gasteiger partial charge in [-0.05, 0) is 52.2 Å². The molecule has 2 rings (SSSR count). The molecule has 0 spiro atoms. The fourth-order valence-electron chi connectivity index (χ4n) is 1.69. The van der Waals surface area contributed by atoms with Gasteiger partial charge in [-0.2, -0.15) is 0 Å². The van der Waals surface area contributed by atoms with Gasteiger partial charge in [0.15, 0.2) is 0 Å². The van der Waals surface area contributed by atoms with Crippen molar-refractivity contribution in [3.63, 3.8) is 0 Å². The molecule has 1 atom stereocenters. The molecule has 2 aromatic rings. The summed E-state index contributed by atoms with van der Waals surface area (Å²) in [6.45, 7) is 0. The minimum absolute atomic E-state index is 0.241. The molecule has 0 amide bonds. The van der Waals surface area contributed by atoms with Gasteiger partial charge >= 0.3 is 0 Å². The van der Waals surface area contributed by atoms with Crippen molar-refractivity contribution in [3.05, 3.63) is 64.1 Å². The smallest absolute Gasteiger partial charge is 0.123 e. The van der Waals surface area contributed by atoms with E-state index in [0.717, 1.165) is 15.7 Å². The zero-order chi connectivity index (χ0) is 12.3. The molecular formula is C13H12BrFN2. The van der Waals surface area contributed by atoms with E-state index in [0.29, 0.717) is 6.42 Å². The molecule has 0 fully saturated rings. The molecule has 2 N–H and O–H groups in total. The number of rotatable bonds is 3. The van der Waals surface area contributed by atoms with Crippen molar-refractivity contribution < 1.29 is 4.39 Å². The van der Waals surface area contributed by atoms with E-state index in [2.05, 4.69) is 20.9 Å². The molecule has 17 heavy (non-hydrogen) atoms. The average molecular weight is 295 g/mol. The van der Waals surface area contributed by atoms with Crippen LogP contribution in [0.3, 0.4) is 0 Å². The third-order valence-corrected chi connectivity index (χ3v) is 3.15. The topological polar surface area (TPSA) is 38.9 Å². The molecule has 2 nitrogen and oxygen atoms in total. The highest BCUT2D eigenvalue weighted by Gasteiger charge is 2.11. The SMILES string of the molecule is NC(Cc1cccc(F)c1)c1ncccc1Br. The van der Waals surface area contributed by atoms with Gasteiger partial charge in [0.25, 0.3) is 0 Å². The first kappa shape index (κ1) is 12.2. The molecule has 1 heterocycles. The summed E-state index contributed by atoms with van der Waals surface area (Å²) in [5.74, 6) is -0.241. The van der Waals surface area contributed by atoms with Crippen LogP contribution in [0.25, 0.3) is 0 Å². The summed E-state index contributed by atoms with van der Waals surface area (Å²) >= 11 is 3.41. The lowest BCUT2D eigenvalue weighted by Gasteiger charge is -2.12. The minimum atomic E-state index is -0.243. The van der Waals surface area contributed by atoms with E-state index in [1.807, 2.05) is 18.2 Å². The lowest BCUT2D eigenvalue weighted by Crippen LogP contribution is -2.15. The third kappa shape index (κ3) is 3.11. The molecule has 1 aromatic carbocycles. The Bertz CT molecular complexity index is 516. The molecule has 0 saturated heterocycles. The Morgan fingerprint density at radius 2 is 2.12 bits per heavy atom. The number of hydrogen-bond acceptors (Lipinski definition) is 2. The van der Waals surface area contributed by atoms with Crippen LogP contribution in [-0.2, 0) is 6.42 Å². The first-order valence-corrected chi connectivity index (χ1v) is 6.06. The van der Waals surface area contributed by atoms with Gasteiger partial charge in [-0.3, -0.25) is 4.98 Å². The van der Waals surface area contributed by atoms with Gasteiger partial charge in [0.05, 0.1) is 11.7 Å². The van der Waals surface area contributed by atoms with Crippen molar-refractivity contribution in [2.24, 2.45) is 5.73 Å². The summed E-state index contributed by atoms with van der Waals surface area (Å²) in [4.78, 5) is 4.23. The highest BCUT2D eigenvalue weighted by molar-refractivity contribution is 9.10. The van der Waals surface area contributed by atoms with E-state index in [9.17, 15) is 4.39 Å². The maximum Gasteiger partial charge on any atom is 0.123 e. The average Bonchev–Trinajstić information content (AvgIpc) is 2.29. The highest BCUT2D eigenvalue weighted by Crippen LogP contribution is 2.22. The first-order chi connectivity index (χ1) is 8.16. The maximum absolute atomic E-state index is 13.0. The zero-order valence-electron chi connectivity index (χ0n) is 9.11. The van der Waals surface area contributed by atoms with Crippen LogP contribution in [0.1, 0.15) is 17.3 Å². The van der Waals surface area contributed by atoms with E-state index < -0.39 is 0 Å². The summed E-state index contributed by atoms with van der Waals surface area (Å²) in [7, 11) is 0. The quantitative estimate of drug-likeness (QED) is 0.944. The normalized spacial score (nSPS) is 12.4. The predicted molar refractivity (Wildman–Crippen MR) is 69.0 cm³/mol. The molecule has 4 heteroatoms. The zero-order valence-corrected chi connectivity index (χ0v) is 10.7. The molecule has 1 aromatic heterocycles. The fraction of sp³-hybridized carbons (Fsp3) is 0.154. The number of hydrogen-bond donors (Lipinski definition) is 1. The summed E-state index contributed by atoms with van der Waals surface area (Å²) in [5, 5.41) is 0. The van der Waals surface area contributed by atoms with Gasteiger partial charge < -0.3 is 5.73 Å². The van der Waals surface area contributed by atoms with Crippen molar-refractivity contribution in [1.29, 1.82) is 0 Å². The van der Waals surface area contributed by atoms with E-state index >= 15 is 0 Å². The van der Waals surface area contributed by atoms with Crippen LogP contribution in [-0.4, -0.2) is 4.98 Å². The van der Waals surface area contributed by atoms with Crippen molar-refractivity contribution in [2.45, 2.75) is 12.5 Å². The standard InChI is InChI=1S/C13H12BrFN2/c14-11-5-2-6-17-13(11)12(16)8-9-3-1-4-10(15)7-9/h1-7,12H,8,16H2. The largest absolute Gasteiger partial charge is 0.322 e. The van der Waals surface area contributed by atoms with Gasteiger partial charge in [-0.25, -0.2) is 4.39 Å². The lowest BCUT2D eigenvalue weighted by molar-refractivity contribution is 0.620. The number of halogens is 2.